The molecule has 1 aromatic rings. The summed E-state index contributed by atoms with van der Waals surface area (Å²) in [6, 6.07) is 4.77. The molecule has 1 aliphatic heterocycles. The molecule has 0 aliphatic carbocycles. The first-order chi connectivity index (χ1) is 8.99. The molecule has 2 N–H and O–H groups in total. The van der Waals surface area contributed by atoms with Crippen molar-refractivity contribution in [2.24, 2.45) is 11.7 Å². The summed E-state index contributed by atoms with van der Waals surface area (Å²) in [7, 11) is 0. The first-order valence-corrected chi connectivity index (χ1v) is 6.79. The number of likely N-dealkylation sites (tertiary alicyclic amines) is 1. The Morgan fingerprint density at radius 3 is 2.68 bits per heavy atom. The highest BCUT2D eigenvalue weighted by molar-refractivity contribution is 6.42. The third-order valence-electron chi connectivity index (χ3n) is 3.35. The summed E-state index contributed by atoms with van der Waals surface area (Å²) in [4.78, 5) is 24.0. The lowest BCUT2D eigenvalue weighted by molar-refractivity contribution is -0.128. The number of imide groups is 1. The standard InChI is InChI=1S/C13H14Cl2N2O2/c14-10-4-2-8(7-11(10)15)1-3-9-5-6-17(12(9)18)13(16)19/h2,4,7,9H,1,3,5-6H2,(H2,16,19). The maximum Gasteiger partial charge on any atom is 0.321 e. The van der Waals surface area contributed by atoms with Gasteiger partial charge in [0.1, 0.15) is 0 Å². The van der Waals surface area contributed by atoms with Gasteiger partial charge in [-0.15, -0.1) is 0 Å². The summed E-state index contributed by atoms with van der Waals surface area (Å²) in [6.45, 7) is 0.417. The van der Waals surface area contributed by atoms with Crippen LogP contribution in [0.15, 0.2) is 18.2 Å². The van der Waals surface area contributed by atoms with E-state index in [1.807, 2.05) is 6.07 Å². The molecule has 3 amide bonds. The number of benzene rings is 1. The number of carbonyl (C=O) groups excluding carboxylic acids is 2. The van der Waals surface area contributed by atoms with E-state index < -0.39 is 6.03 Å². The molecule has 19 heavy (non-hydrogen) atoms. The van der Waals surface area contributed by atoms with Crippen LogP contribution in [0.5, 0.6) is 0 Å². The zero-order chi connectivity index (χ0) is 14.0. The van der Waals surface area contributed by atoms with Crippen molar-refractivity contribution in [2.75, 3.05) is 6.54 Å². The van der Waals surface area contributed by atoms with E-state index in [2.05, 4.69) is 0 Å². The molecule has 0 aromatic heterocycles. The molecular formula is C13H14Cl2N2O2. The van der Waals surface area contributed by atoms with Crippen molar-refractivity contribution in [1.82, 2.24) is 4.90 Å². The van der Waals surface area contributed by atoms with Gasteiger partial charge in [0, 0.05) is 12.5 Å². The second kappa shape index (κ2) is 5.80. The fraction of sp³-hybridized carbons (Fsp3) is 0.385. The Kier molecular flexibility index (Phi) is 4.32. The van der Waals surface area contributed by atoms with Gasteiger partial charge in [0.15, 0.2) is 0 Å². The first kappa shape index (κ1) is 14.2. The molecule has 0 radical (unpaired) electrons. The molecule has 1 heterocycles. The molecule has 1 saturated heterocycles. The second-order valence-electron chi connectivity index (χ2n) is 4.60. The maximum atomic E-state index is 11.9. The minimum absolute atomic E-state index is 0.137. The Morgan fingerprint density at radius 1 is 1.37 bits per heavy atom. The fourth-order valence-electron chi connectivity index (χ4n) is 2.26. The van der Waals surface area contributed by atoms with Crippen LogP contribution >= 0.6 is 23.2 Å². The summed E-state index contributed by atoms with van der Waals surface area (Å²) < 4.78 is 0. The average Bonchev–Trinajstić information content (AvgIpc) is 2.72. The number of aryl methyl sites for hydroxylation is 1. The number of urea groups is 1. The van der Waals surface area contributed by atoms with Gasteiger partial charge in [-0.05, 0) is 37.0 Å². The van der Waals surface area contributed by atoms with Gasteiger partial charge in [-0.1, -0.05) is 29.3 Å². The predicted molar refractivity (Wildman–Crippen MR) is 74.2 cm³/mol. The van der Waals surface area contributed by atoms with Crippen LogP contribution in [0, 0.1) is 5.92 Å². The minimum Gasteiger partial charge on any atom is -0.351 e. The van der Waals surface area contributed by atoms with E-state index in [0.29, 0.717) is 29.4 Å². The van der Waals surface area contributed by atoms with Crippen molar-refractivity contribution in [3.63, 3.8) is 0 Å². The second-order valence-corrected chi connectivity index (χ2v) is 5.42. The van der Waals surface area contributed by atoms with Crippen LogP contribution in [0.1, 0.15) is 18.4 Å². The Bertz CT molecular complexity index is 519. The van der Waals surface area contributed by atoms with Crippen molar-refractivity contribution < 1.29 is 9.59 Å². The molecule has 1 fully saturated rings. The van der Waals surface area contributed by atoms with Crippen LogP contribution in [-0.4, -0.2) is 23.4 Å². The topological polar surface area (TPSA) is 63.4 Å². The van der Waals surface area contributed by atoms with Gasteiger partial charge < -0.3 is 5.73 Å². The van der Waals surface area contributed by atoms with Crippen molar-refractivity contribution in [3.8, 4) is 0 Å². The lowest BCUT2D eigenvalue weighted by Crippen LogP contribution is -2.37. The van der Waals surface area contributed by atoms with Crippen LogP contribution in [0.4, 0.5) is 4.79 Å². The Morgan fingerprint density at radius 2 is 2.11 bits per heavy atom. The largest absolute Gasteiger partial charge is 0.351 e. The first-order valence-electron chi connectivity index (χ1n) is 6.04. The zero-order valence-corrected chi connectivity index (χ0v) is 11.7. The number of primary amides is 1. The zero-order valence-electron chi connectivity index (χ0n) is 10.2. The van der Waals surface area contributed by atoms with E-state index >= 15 is 0 Å². The number of hydrogen-bond donors (Lipinski definition) is 1. The van der Waals surface area contributed by atoms with Crippen molar-refractivity contribution >= 4 is 35.1 Å². The fourth-order valence-corrected chi connectivity index (χ4v) is 2.58. The van der Waals surface area contributed by atoms with Crippen LogP contribution in [-0.2, 0) is 11.2 Å². The van der Waals surface area contributed by atoms with Gasteiger partial charge in [-0.2, -0.15) is 0 Å². The monoisotopic (exact) mass is 300 g/mol. The lowest BCUT2D eigenvalue weighted by atomic mass is 9.98. The SMILES string of the molecule is NC(=O)N1CCC(CCc2ccc(Cl)c(Cl)c2)C1=O. The van der Waals surface area contributed by atoms with Crippen LogP contribution in [0.25, 0.3) is 0 Å². The summed E-state index contributed by atoms with van der Waals surface area (Å²) in [5, 5.41) is 1.03. The summed E-state index contributed by atoms with van der Waals surface area (Å²) in [5.74, 6) is -0.311. The number of hydrogen-bond acceptors (Lipinski definition) is 2. The van der Waals surface area contributed by atoms with E-state index in [9.17, 15) is 9.59 Å². The summed E-state index contributed by atoms with van der Waals surface area (Å²) in [6.07, 6.45) is 2.07. The number of carbonyl (C=O) groups is 2. The van der Waals surface area contributed by atoms with Gasteiger partial charge in [0.05, 0.1) is 10.0 Å². The number of nitrogens with two attached hydrogens (primary N) is 1. The summed E-state index contributed by atoms with van der Waals surface area (Å²) in [5.41, 5.74) is 6.16. The van der Waals surface area contributed by atoms with Crippen molar-refractivity contribution in [3.05, 3.63) is 33.8 Å². The van der Waals surface area contributed by atoms with Crippen LogP contribution in [0.3, 0.4) is 0 Å². The highest BCUT2D eigenvalue weighted by Crippen LogP contribution is 2.26. The molecule has 0 bridgehead atoms. The van der Waals surface area contributed by atoms with Gasteiger partial charge in [0.2, 0.25) is 5.91 Å². The van der Waals surface area contributed by atoms with E-state index in [0.717, 1.165) is 16.9 Å². The minimum atomic E-state index is -0.665. The van der Waals surface area contributed by atoms with E-state index in [1.165, 1.54) is 0 Å². The third kappa shape index (κ3) is 3.19. The maximum absolute atomic E-state index is 11.9. The average molecular weight is 301 g/mol. The van der Waals surface area contributed by atoms with E-state index in [4.69, 9.17) is 28.9 Å². The summed E-state index contributed by atoms with van der Waals surface area (Å²) >= 11 is 11.8. The van der Waals surface area contributed by atoms with Gasteiger partial charge in [-0.25, -0.2) is 4.79 Å². The molecule has 1 atom stereocenters. The number of rotatable bonds is 3. The molecule has 2 rings (SSSR count). The Hall–Kier alpha value is -1.26. The number of halogens is 2. The van der Waals surface area contributed by atoms with Gasteiger partial charge in [0.25, 0.3) is 0 Å². The molecule has 1 aliphatic rings. The molecule has 0 saturated carbocycles. The van der Waals surface area contributed by atoms with Gasteiger partial charge in [-0.3, -0.25) is 9.69 Å². The lowest BCUT2D eigenvalue weighted by Gasteiger charge is -2.11. The van der Waals surface area contributed by atoms with Crippen molar-refractivity contribution in [2.45, 2.75) is 19.3 Å². The number of nitrogens with zero attached hydrogens (tertiary/aromatic N) is 1. The van der Waals surface area contributed by atoms with E-state index in [-0.39, 0.29) is 11.8 Å². The van der Waals surface area contributed by atoms with Crippen LogP contribution < -0.4 is 5.73 Å². The molecule has 102 valence electrons. The van der Waals surface area contributed by atoms with Crippen LogP contribution in [0.2, 0.25) is 10.0 Å². The van der Waals surface area contributed by atoms with Gasteiger partial charge >= 0.3 is 6.03 Å². The van der Waals surface area contributed by atoms with Crippen molar-refractivity contribution in [1.29, 1.82) is 0 Å². The Labute approximate surface area is 121 Å². The normalized spacial score (nSPS) is 18.9. The number of amides is 3. The molecular weight excluding hydrogens is 287 g/mol. The highest BCUT2D eigenvalue weighted by atomic mass is 35.5. The third-order valence-corrected chi connectivity index (χ3v) is 4.09. The molecule has 0 spiro atoms. The highest BCUT2D eigenvalue weighted by Gasteiger charge is 2.33. The Balaban J connectivity index is 1.94. The molecule has 4 nitrogen and oxygen atoms in total. The molecule has 6 heteroatoms. The molecule has 1 aromatic carbocycles. The smallest absolute Gasteiger partial charge is 0.321 e. The molecule has 1 unspecified atom stereocenters. The quantitative estimate of drug-likeness (QED) is 0.933. The van der Waals surface area contributed by atoms with E-state index in [1.54, 1.807) is 12.1 Å². The predicted octanol–water partition coefficient (Wildman–Crippen LogP) is 2.85.